The highest BCUT2D eigenvalue weighted by atomic mass is 16.5. The molecule has 0 aliphatic heterocycles. The van der Waals surface area contributed by atoms with Gasteiger partial charge in [0, 0.05) is 6.54 Å². The van der Waals surface area contributed by atoms with Gasteiger partial charge in [0.1, 0.15) is 5.75 Å². The van der Waals surface area contributed by atoms with E-state index in [1.807, 2.05) is 13.8 Å². The van der Waals surface area contributed by atoms with Gasteiger partial charge in [-0.2, -0.15) is 0 Å². The lowest BCUT2D eigenvalue weighted by Crippen LogP contribution is -2.33. The molecule has 0 aliphatic carbocycles. The van der Waals surface area contributed by atoms with Gasteiger partial charge >= 0.3 is 11.9 Å². The van der Waals surface area contributed by atoms with Crippen molar-refractivity contribution >= 4 is 11.9 Å². The molecule has 0 heterocycles. The van der Waals surface area contributed by atoms with Crippen molar-refractivity contribution in [2.45, 2.75) is 26.5 Å². The molecule has 20 heavy (non-hydrogen) atoms. The van der Waals surface area contributed by atoms with Crippen molar-refractivity contribution in [3.05, 3.63) is 29.8 Å². The van der Waals surface area contributed by atoms with Crippen LogP contribution in [0.5, 0.6) is 5.75 Å². The molecule has 0 bridgehead atoms. The number of rotatable bonds is 8. The second kappa shape index (κ2) is 7.49. The molecule has 1 aromatic carbocycles. The van der Waals surface area contributed by atoms with Crippen LogP contribution in [0.1, 0.15) is 19.4 Å². The maximum atomic E-state index is 10.7. The Morgan fingerprint density at radius 3 is 2.00 bits per heavy atom. The second-order valence-corrected chi connectivity index (χ2v) is 4.74. The Balaban J connectivity index is 2.67. The topological polar surface area (TPSA) is 87.1 Å². The molecule has 1 rings (SSSR count). The molecule has 0 saturated carbocycles. The van der Waals surface area contributed by atoms with Crippen LogP contribution in [0.15, 0.2) is 24.3 Å². The van der Waals surface area contributed by atoms with Crippen LogP contribution in [0.4, 0.5) is 0 Å². The largest absolute Gasteiger partial charge is 0.491 e. The number of carboxylic acids is 2. The van der Waals surface area contributed by atoms with Crippen LogP contribution in [0.25, 0.3) is 0 Å². The SMILES string of the molecule is CC(C)Oc1ccc(CN(CC(=O)O)CC(=O)O)cc1. The Kier molecular flexibility index (Phi) is 5.99. The first-order valence-electron chi connectivity index (χ1n) is 6.28. The molecular formula is C14H19NO5. The zero-order valence-electron chi connectivity index (χ0n) is 11.6. The molecule has 110 valence electrons. The fourth-order valence-corrected chi connectivity index (χ4v) is 1.75. The second-order valence-electron chi connectivity index (χ2n) is 4.74. The number of hydrogen-bond donors (Lipinski definition) is 2. The lowest BCUT2D eigenvalue weighted by molar-refractivity contribution is -0.142. The number of aliphatic carboxylic acids is 2. The predicted octanol–water partition coefficient (Wildman–Crippen LogP) is 1.45. The van der Waals surface area contributed by atoms with E-state index < -0.39 is 11.9 Å². The van der Waals surface area contributed by atoms with Gasteiger partial charge in [0.25, 0.3) is 0 Å². The van der Waals surface area contributed by atoms with Crippen LogP contribution in [-0.4, -0.2) is 46.2 Å². The standard InChI is InChI=1S/C14H19NO5/c1-10(2)20-12-5-3-11(4-6-12)7-15(8-13(16)17)9-14(18)19/h3-6,10H,7-9H2,1-2H3,(H,16,17)(H,18,19). The zero-order valence-corrected chi connectivity index (χ0v) is 11.6. The van der Waals surface area contributed by atoms with E-state index in [9.17, 15) is 9.59 Å². The number of ether oxygens (including phenoxy) is 1. The molecule has 6 heteroatoms. The third kappa shape index (κ3) is 6.19. The zero-order chi connectivity index (χ0) is 15.1. The highest BCUT2D eigenvalue weighted by molar-refractivity contribution is 5.72. The summed E-state index contributed by atoms with van der Waals surface area (Å²) in [6, 6.07) is 7.17. The van der Waals surface area contributed by atoms with Gasteiger partial charge in [0.15, 0.2) is 0 Å². The molecule has 1 aromatic rings. The number of nitrogens with zero attached hydrogens (tertiary/aromatic N) is 1. The lowest BCUT2D eigenvalue weighted by atomic mass is 10.2. The first-order chi connectivity index (χ1) is 9.36. The van der Waals surface area contributed by atoms with Gasteiger partial charge in [-0.15, -0.1) is 0 Å². The Morgan fingerprint density at radius 2 is 1.60 bits per heavy atom. The van der Waals surface area contributed by atoms with Gasteiger partial charge < -0.3 is 14.9 Å². The van der Waals surface area contributed by atoms with E-state index in [1.54, 1.807) is 24.3 Å². The summed E-state index contributed by atoms with van der Waals surface area (Å²) in [6.07, 6.45) is 0.0800. The summed E-state index contributed by atoms with van der Waals surface area (Å²) in [5.41, 5.74) is 0.837. The van der Waals surface area contributed by atoms with Crippen molar-refractivity contribution in [3.8, 4) is 5.75 Å². The summed E-state index contributed by atoms with van der Waals surface area (Å²) in [5, 5.41) is 17.5. The summed E-state index contributed by atoms with van der Waals surface area (Å²) in [7, 11) is 0. The van der Waals surface area contributed by atoms with E-state index in [0.717, 1.165) is 11.3 Å². The molecule has 2 N–H and O–H groups in total. The van der Waals surface area contributed by atoms with Gasteiger partial charge in [-0.25, -0.2) is 0 Å². The predicted molar refractivity (Wildman–Crippen MR) is 72.8 cm³/mol. The van der Waals surface area contributed by atoms with E-state index in [4.69, 9.17) is 14.9 Å². The summed E-state index contributed by atoms with van der Waals surface area (Å²) in [5.74, 6) is -1.37. The lowest BCUT2D eigenvalue weighted by Gasteiger charge is -2.18. The fourth-order valence-electron chi connectivity index (χ4n) is 1.75. The van der Waals surface area contributed by atoms with Gasteiger partial charge in [-0.05, 0) is 31.5 Å². The molecule has 0 radical (unpaired) electrons. The third-order valence-electron chi connectivity index (χ3n) is 2.42. The molecular weight excluding hydrogens is 262 g/mol. The van der Waals surface area contributed by atoms with E-state index in [1.165, 1.54) is 4.90 Å². The van der Waals surface area contributed by atoms with Crippen molar-refractivity contribution < 1.29 is 24.5 Å². The van der Waals surface area contributed by atoms with Crippen LogP contribution in [-0.2, 0) is 16.1 Å². The van der Waals surface area contributed by atoms with Crippen molar-refractivity contribution in [2.75, 3.05) is 13.1 Å². The Bertz CT molecular complexity index is 439. The van der Waals surface area contributed by atoms with Crippen LogP contribution < -0.4 is 4.74 Å². The Morgan fingerprint density at radius 1 is 1.10 bits per heavy atom. The molecule has 0 amide bonds. The number of carbonyl (C=O) groups is 2. The van der Waals surface area contributed by atoms with Crippen molar-refractivity contribution in [3.63, 3.8) is 0 Å². The molecule has 0 unspecified atom stereocenters. The highest BCUT2D eigenvalue weighted by Crippen LogP contribution is 2.15. The summed E-state index contributed by atoms with van der Waals surface area (Å²) < 4.78 is 5.50. The maximum Gasteiger partial charge on any atom is 0.317 e. The van der Waals surface area contributed by atoms with Gasteiger partial charge in [0.05, 0.1) is 19.2 Å². The minimum atomic E-state index is -1.05. The molecule has 6 nitrogen and oxygen atoms in total. The quantitative estimate of drug-likeness (QED) is 0.750. The first-order valence-corrected chi connectivity index (χ1v) is 6.28. The normalized spacial score (nSPS) is 10.8. The van der Waals surface area contributed by atoms with E-state index >= 15 is 0 Å². The fraction of sp³-hybridized carbons (Fsp3) is 0.429. The van der Waals surface area contributed by atoms with Gasteiger partial charge in [0.2, 0.25) is 0 Å². The van der Waals surface area contributed by atoms with Crippen molar-refractivity contribution in [2.24, 2.45) is 0 Å². The molecule has 0 saturated heterocycles. The average molecular weight is 281 g/mol. The number of hydrogen-bond acceptors (Lipinski definition) is 4. The minimum absolute atomic E-state index is 0.0800. The maximum absolute atomic E-state index is 10.7. The smallest absolute Gasteiger partial charge is 0.317 e. The van der Waals surface area contributed by atoms with Crippen molar-refractivity contribution in [1.82, 2.24) is 4.90 Å². The van der Waals surface area contributed by atoms with E-state index in [-0.39, 0.29) is 25.7 Å². The molecule has 0 aliphatic rings. The summed E-state index contributed by atoms with van der Waals surface area (Å²) >= 11 is 0. The summed E-state index contributed by atoms with van der Waals surface area (Å²) in [6.45, 7) is 3.50. The Hall–Kier alpha value is -2.08. The minimum Gasteiger partial charge on any atom is -0.491 e. The highest BCUT2D eigenvalue weighted by Gasteiger charge is 2.13. The third-order valence-corrected chi connectivity index (χ3v) is 2.42. The molecule has 0 atom stereocenters. The molecule has 0 fully saturated rings. The van der Waals surface area contributed by atoms with Crippen molar-refractivity contribution in [1.29, 1.82) is 0 Å². The van der Waals surface area contributed by atoms with Crippen LogP contribution >= 0.6 is 0 Å². The van der Waals surface area contributed by atoms with E-state index in [0.29, 0.717) is 0 Å². The number of benzene rings is 1. The molecule has 0 spiro atoms. The van der Waals surface area contributed by atoms with Gasteiger partial charge in [-0.1, -0.05) is 12.1 Å². The first kappa shape index (κ1) is 16.0. The Labute approximate surface area is 117 Å². The van der Waals surface area contributed by atoms with Gasteiger partial charge in [-0.3, -0.25) is 14.5 Å². The van der Waals surface area contributed by atoms with Crippen LogP contribution in [0.3, 0.4) is 0 Å². The summed E-state index contributed by atoms with van der Waals surface area (Å²) in [4.78, 5) is 22.8. The monoisotopic (exact) mass is 281 g/mol. The van der Waals surface area contributed by atoms with Crippen LogP contribution in [0.2, 0.25) is 0 Å². The van der Waals surface area contributed by atoms with E-state index in [2.05, 4.69) is 0 Å². The van der Waals surface area contributed by atoms with Crippen LogP contribution in [0, 0.1) is 0 Å². The number of carboxylic acid groups (broad SMARTS) is 2. The molecule has 0 aromatic heterocycles. The average Bonchev–Trinajstić information content (AvgIpc) is 2.29.